The molecule has 0 aliphatic carbocycles. The Balaban J connectivity index is 1.78. The van der Waals surface area contributed by atoms with Crippen LogP contribution >= 0.6 is 0 Å². The summed E-state index contributed by atoms with van der Waals surface area (Å²) in [6, 6.07) is 8.75. The molecule has 0 saturated carbocycles. The van der Waals surface area contributed by atoms with Gasteiger partial charge in [0.15, 0.2) is 0 Å². The molecule has 0 radical (unpaired) electrons. The number of rotatable bonds is 5. The summed E-state index contributed by atoms with van der Waals surface area (Å²) in [6.07, 6.45) is 4.41. The molecule has 0 amide bonds. The number of aromatic nitrogens is 2. The molecule has 5 nitrogen and oxygen atoms in total. The predicted octanol–water partition coefficient (Wildman–Crippen LogP) is 3.37. The number of aryl methyl sites for hydroxylation is 1. The molecule has 5 heteroatoms. The van der Waals surface area contributed by atoms with E-state index in [9.17, 15) is 0 Å². The van der Waals surface area contributed by atoms with E-state index < -0.39 is 0 Å². The Morgan fingerprint density at radius 1 is 1.27 bits per heavy atom. The molecule has 2 aromatic rings. The Hall–Kier alpha value is -1.88. The largest absolute Gasteiger partial charge is 0.497 e. The van der Waals surface area contributed by atoms with Crippen molar-refractivity contribution in [2.45, 2.75) is 45.2 Å². The summed E-state index contributed by atoms with van der Waals surface area (Å²) in [5.74, 6) is 2.34. The number of piperidine rings is 1. The fraction of sp³-hybridized carbons (Fsp3) is 0.529. The van der Waals surface area contributed by atoms with Crippen molar-refractivity contribution in [3.05, 3.63) is 41.6 Å². The van der Waals surface area contributed by atoms with Crippen LogP contribution in [0.4, 0.5) is 0 Å². The summed E-state index contributed by atoms with van der Waals surface area (Å²) in [7, 11) is 1.71. The van der Waals surface area contributed by atoms with Crippen molar-refractivity contribution >= 4 is 0 Å². The van der Waals surface area contributed by atoms with Crippen LogP contribution in [-0.4, -0.2) is 28.8 Å². The average molecular weight is 301 g/mol. The topological polar surface area (TPSA) is 51.4 Å². The average Bonchev–Trinajstić information content (AvgIpc) is 3.03. The Bertz CT molecular complexity index is 611. The lowest BCUT2D eigenvalue weighted by Gasteiger charge is -2.35. The number of methoxy groups -OCH3 is 1. The SMILES string of the molecule is CCc1nnc(CN2CCCC[C@@H]2c2cccc(OC)c2)o1. The highest BCUT2D eigenvalue weighted by atomic mass is 16.5. The third-order valence-electron chi connectivity index (χ3n) is 4.24. The van der Waals surface area contributed by atoms with Crippen molar-refractivity contribution in [1.29, 1.82) is 0 Å². The maximum Gasteiger partial charge on any atom is 0.230 e. The van der Waals surface area contributed by atoms with E-state index in [1.807, 2.05) is 13.0 Å². The highest BCUT2D eigenvalue weighted by Gasteiger charge is 2.25. The van der Waals surface area contributed by atoms with Gasteiger partial charge in [0, 0.05) is 12.5 Å². The van der Waals surface area contributed by atoms with Crippen LogP contribution in [0.15, 0.2) is 28.7 Å². The smallest absolute Gasteiger partial charge is 0.230 e. The van der Waals surface area contributed by atoms with Gasteiger partial charge in [-0.3, -0.25) is 4.90 Å². The van der Waals surface area contributed by atoms with E-state index in [0.717, 1.165) is 31.7 Å². The number of hydrogen-bond donors (Lipinski definition) is 0. The molecule has 0 unspecified atom stereocenters. The van der Waals surface area contributed by atoms with Crippen LogP contribution in [0.5, 0.6) is 5.75 Å². The predicted molar refractivity (Wildman–Crippen MR) is 83.7 cm³/mol. The minimum Gasteiger partial charge on any atom is -0.497 e. The molecule has 1 aliphatic rings. The first kappa shape index (κ1) is 15.0. The lowest BCUT2D eigenvalue weighted by Crippen LogP contribution is -2.33. The van der Waals surface area contributed by atoms with E-state index >= 15 is 0 Å². The van der Waals surface area contributed by atoms with Gasteiger partial charge in [-0.25, -0.2) is 0 Å². The summed E-state index contributed by atoms with van der Waals surface area (Å²) < 4.78 is 11.0. The molecule has 1 saturated heterocycles. The molecule has 0 bridgehead atoms. The number of ether oxygens (including phenoxy) is 1. The van der Waals surface area contributed by atoms with Gasteiger partial charge in [0.25, 0.3) is 0 Å². The van der Waals surface area contributed by atoms with Gasteiger partial charge in [-0.15, -0.1) is 10.2 Å². The summed E-state index contributed by atoms with van der Waals surface area (Å²) in [6.45, 7) is 3.80. The third kappa shape index (κ3) is 3.30. The van der Waals surface area contributed by atoms with E-state index in [1.165, 1.54) is 18.4 Å². The van der Waals surface area contributed by atoms with Crippen LogP contribution in [0.2, 0.25) is 0 Å². The fourth-order valence-electron chi connectivity index (χ4n) is 3.08. The van der Waals surface area contributed by atoms with Crippen molar-refractivity contribution < 1.29 is 9.15 Å². The van der Waals surface area contributed by atoms with Gasteiger partial charge >= 0.3 is 0 Å². The molecular weight excluding hydrogens is 278 g/mol. The molecule has 1 aliphatic heterocycles. The number of benzene rings is 1. The van der Waals surface area contributed by atoms with Gasteiger partial charge in [-0.05, 0) is 37.1 Å². The quantitative estimate of drug-likeness (QED) is 0.847. The maximum absolute atomic E-state index is 5.68. The van der Waals surface area contributed by atoms with Crippen molar-refractivity contribution in [3.63, 3.8) is 0 Å². The van der Waals surface area contributed by atoms with Gasteiger partial charge < -0.3 is 9.15 Å². The van der Waals surface area contributed by atoms with Crippen LogP contribution < -0.4 is 4.74 Å². The van der Waals surface area contributed by atoms with Crippen LogP contribution in [0, 0.1) is 0 Å². The first-order valence-corrected chi connectivity index (χ1v) is 7.99. The van der Waals surface area contributed by atoms with Crippen molar-refractivity contribution in [3.8, 4) is 5.75 Å². The Morgan fingerprint density at radius 3 is 2.91 bits per heavy atom. The summed E-state index contributed by atoms with van der Waals surface area (Å²) in [4.78, 5) is 2.44. The second-order valence-electron chi connectivity index (χ2n) is 5.70. The summed E-state index contributed by atoms with van der Waals surface area (Å²) in [5.41, 5.74) is 1.30. The standard InChI is InChI=1S/C17H23N3O2/c1-3-16-18-19-17(22-16)12-20-10-5-4-9-15(20)13-7-6-8-14(11-13)21-2/h6-8,11,15H,3-5,9-10,12H2,1-2H3/t15-/m1/s1. The summed E-state index contributed by atoms with van der Waals surface area (Å²) in [5, 5.41) is 8.22. The van der Waals surface area contributed by atoms with Crippen molar-refractivity contribution in [1.82, 2.24) is 15.1 Å². The first-order chi connectivity index (χ1) is 10.8. The van der Waals surface area contributed by atoms with Gasteiger partial charge in [0.05, 0.1) is 13.7 Å². The lowest BCUT2D eigenvalue weighted by atomic mass is 9.95. The van der Waals surface area contributed by atoms with E-state index in [0.29, 0.717) is 17.8 Å². The minimum atomic E-state index is 0.390. The Morgan fingerprint density at radius 2 is 2.14 bits per heavy atom. The zero-order chi connectivity index (χ0) is 15.4. The molecule has 1 aromatic heterocycles. The van der Waals surface area contributed by atoms with Gasteiger partial charge in [-0.1, -0.05) is 25.5 Å². The van der Waals surface area contributed by atoms with Crippen molar-refractivity contribution in [2.75, 3.05) is 13.7 Å². The lowest BCUT2D eigenvalue weighted by molar-refractivity contribution is 0.127. The van der Waals surface area contributed by atoms with E-state index in [2.05, 4.69) is 33.3 Å². The monoisotopic (exact) mass is 301 g/mol. The van der Waals surface area contributed by atoms with Crippen LogP contribution in [-0.2, 0) is 13.0 Å². The molecule has 1 aromatic carbocycles. The summed E-state index contributed by atoms with van der Waals surface area (Å²) >= 11 is 0. The fourth-order valence-corrected chi connectivity index (χ4v) is 3.08. The van der Waals surface area contributed by atoms with E-state index in [-0.39, 0.29) is 0 Å². The Kier molecular flexibility index (Phi) is 4.73. The molecule has 1 fully saturated rings. The molecule has 0 spiro atoms. The minimum absolute atomic E-state index is 0.390. The molecule has 22 heavy (non-hydrogen) atoms. The zero-order valence-electron chi connectivity index (χ0n) is 13.3. The number of hydrogen-bond acceptors (Lipinski definition) is 5. The highest BCUT2D eigenvalue weighted by Crippen LogP contribution is 2.33. The van der Waals surface area contributed by atoms with Crippen LogP contribution in [0.3, 0.4) is 0 Å². The van der Waals surface area contributed by atoms with Crippen LogP contribution in [0.1, 0.15) is 49.6 Å². The van der Waals surface area contributed by atoms with Gasteiger partial charge in [0.1, 0.15) is 5.75 Å². The van der Waals surface area contributed by atoms with Crippen LogP contribution in [0.25, 0.3) is 0 Å². The second-order valence-corrected chi connectivity index (χ2v) is 5.70. The molecule has 2 heterocycles. The molecule has 0 N–H and O–H groups in total. The second kappa shape index (κ2) is 6.92. The first-order valence-electron chi connectivity index (χ1n) is 7.99. The number of likely N-dealkylation sites (tertiary alicyclic amines) is 1. The van der Waals surface area contributed by atoms with E-state index in [4.69, 9.17) is 9.15 Å². The normalized spacial score (nSPS) is 19.3. The highest BCUT2D eigenvalue weighted by molar-refractivity contribution is 5.30. The Labute approximate surface area is 131 Å². The maximum atomic E-state index is 5.68. The van der Waals surface area contributed by atoms with E-state index in [1.54, 1.807) is 7.11 Å². The molecular formula is C17H23N3O2. The van der Waals surface area contributed by atoms with Crippen molar-refractivity contribution in [2.24, 2.45) is 0 Å². The molecule has 3 rings (SSSR count). The third-order valence-corrected chi connectivity index (χ3v) is 4.24. The zero-order valence-corrected chi connectivity index (χ0v) is 13.3. The molecule has 1 atom stereocenters. The number of nitrogens with zero attached hydrogens (tertiary/aromatic N) is 3. The van der Waals surface area contributed by atoms with Gasteiger partial charge in [-0.2, -0.15) is 0 Å². The van der Waals surface area contributed by atoms with Gasteiger partial charge in [0.2, 0.25) is 11.8 Å². The molecule has 118 valence electrons.